The average molecular weight is 400 g/mol. The highest BCUT2D eigenvalue weighted by molar-refractivity contribution is 5.98. The molecule has 1 nitrogen and oxygen atoms in total. The average Bonchev–Trinajstić information content (AvgIpc) is 3.08. The first-order chi connectivity index (χ1) is 15.3. The molecule has 3 aromatic rings. The van der Waals surface area contributed by atoms with Gasteiger partial charge >= 0.3 is 0 Å². The quantitative estimate of drug-likeness (QED) is 0.444. The highest BCUT2D eigenvalue weighted by Crippen LogP contribution is 2.57. The van der Waals surface area contributed by atoms with Crippen molar-refractivity contribution in [2.75, 3.05) is 5.32 Å². The lowest BCUT2D eigenvalue weighted by Crippen LogP contribution is -2.26. The van der Waals surface area contributed by atoms with Crippen molar-refractivity contribution in [3.63, 3.8) is 0 Å². The molecule has 0 bridgehead atoms. The molecule has 0 spiro atoms. The number of rotatable bonds is 4. The lowest BCUT2D eigenvalue weighted by Gasteiger charge is -2.32. The lowest BCUT2D eigenvalue weighted by molar-refractivity contribution is 0.645. The van der Waals surface area contributed by atoms with Gasteiger partial charge in [0.15, 0.2) is 0 Å². The van der Waals surface area contributed by atoms with Crippen LogP contribution < -0.4 is 5.32 Å². The number of anilines is 1. The SMILES string of the molecule is C=C/C=C\CC1(c2ccccc2)c2ccccc2-c2c1ccc1c2C(=C)/C=C\C=C/N1. The molecule has 150 valence electrons. The Bertz CT molecular complexity index is 1260. The van der Waals surface area contributed by atoms with Crippen molar-refractivity contribution < 1.29 is 0 Å². The fourth-order valence-corrected chi connectivity index (χ4v) is 5.07. The van der Waals surface area contributed by atoms with E-state index in [2.05, 4.69) is 97.4 Å². The summed E-state index contributed by atoms with van der Waals surface area (Å²) in [5, 5.41) is 3.46. The number of benzene rings is 3. The second-order valence-corrected chi connectivity index (χ2v) is 7.98. The van der Waals surface area contributed by atoms with Crippen molar-refractivity contribution in [1.82, 2.24) is 0 Å². The summed E-state index contributed by atoms with van der Waals surface area (Å²) in [7, 11) is 0. The maximum absolute atomic E-state index is 4.42. The topological polar surface area (TPSA) is 12.0 Å². The van der Waals surface area contributed by atoms with E-state index in [9.17, 15) is 0 Å². The van der Waals surface area contributed by atoms with Crippen LogP contribution in [0.4, 0.5) is 5.69 Å². The minimum absolute atomic E-state index is 0.260. The Kier molecular flexibility index (Phi) is 4.80. The molecule has 0 amide bonds. The molecule has 0 fully saturated rings. The molecule has 1 aliphatic heterocycles. The molecule has 1 N–H and O–H groups in total. The molecule has 1 atom stereocenters. The van der Waals surface area contributed by atoms with E-state index in [-0.39, 0.29) is 5.41 Å². The third-order valence-corrected chi connectivity index (χ3v) is 6.35. The Morgan fingerprint density at radius 3 is 2.48 bits per heavy atom. The van der Waals surface area contributed by atoms with E-state index in [0.717, 1.165) is 17.7 Å². The predicted octanol–water partition coefficient (Wildman–Crippen LogP) is 7.64. The van der Waals surface area contributed by atoms with Gasteiger partial charge in [0.1, 0.15) is 0 Å². The maximum atomic E-state index is 4.42. The Morgan fingerprint density at radius 2 is 1.65 bits per heavy atom. The second-order valence-electron chi connectivity index (χ2n) is 7.98. The second kappa shape index (κ2) is 7.77. The van der Waals surface area contributed by atoms with Gasteiger partial charge in [0.25, 0.3) is 0 Å². The Morgan fingerprint density at radius 1 is 0.839 bits per heavy atom. The monoisotopic (exact) mass is 399 g/mol. The summed E-state index contributed by atoms with van der Waals surface area (Å²) in [4.78, 5) is 0. The summed E-state index contributed by atoms with van der Waals surface area (Å²) >= 11 is 0. The molecule has 1 heteroatoms. The first-order valence-corrected chi connectivity index (χ1v) is 10.7. The summed E-state index contributed by atoms with van der Waals surface area (Å²) in [5.41, 5.74) is 9.55. The van der Waals surface area contributed by atoms with Gasteiger partial charge in [-0.2, -0.15) is 0 Å². The maximum Gasteiger partial charge on any atom is 0.0498 e. The molecule has 1 heterocycles. The van der Waals surface area contributed by atoms with Crippen molar-refractivity contribution >= 4 is 11.3 Å². The van der Waals surface area contributed by atoms with Crippen molar-refractivity contribution in [2.24, 2.45) is 0 Å². The summed E-state index contributed by atoms with van der Waals surface area (Å²) in [5.74, 6) is 0. The molecule has 0 saturated carbocycles. The number of nitrogens with one attached hydrogen (secondary N) is 1. The van der Waals surface area contributed by atoms with Crippen molar-refractivity contribution in [3.8, 4) is 11.1 Å². The van der Waals surface area contributed by atoms with Crippen LogP contribution >= 0.6 is 0 Å². The van der Waals surface area contributed by atoms with E-state index in [1.54, 1.807) is 0 Å². The zero-order chi connectivity index (χ0) is 21.3. The minimum Gasteiger partial charge on any atom is -0.361 e. The fourth-order valence-electron chi connectivity index (χ4n) is 5.07. The minimum atomic E-state index is -0.260. The summed E-state index contributed by atoms with van der Waals surface area (Å²) < 4.78 is 0. The molecule has 1 aliphatic carbocycles. The molecular formula is C30H25N. The predicted molar refractivity (Wildman–Crippen MR) is 133 cm³/mol. The van der Waals surface area contributed by atoms with Gasteiger partial charge in [-0.05, 0) is 52.0 Å². The Labute approximate surface area is 184 Å². The number of hydrogen-bond donors (Lipinski definition) is 1. The van der Waals surface area contributed by atoms with E-state index >= 15 is 0 Å². The van der Waals surface area contributed by atoms with Crippen LogP contribution in [-0.2, 0) is 5.41 Å². The highest BCUT2D eigenvalue weighted by Gasteiger charge is 2.45. The first-order valence-electron chi connectivity index (χ1n) is 10.7. The standard InChI is InChI=1S/C30H25N/c1-3-4-11-20-30(23-14-6-5-7-15-23)25-17-9-8-16-24(25)29-26(30)18-19-27-28(29)22(2)13-10-12-21-31-27/h3-19,21,31H,1-2,20H2/b11-4-,13-10-,21-12-. The van der Waals surface area contributed by atoms with Gasteiger partial charge in [0, 0.05) is 22.9 Å². The summed E-state index contributed by atoms with van der Waals surface area (Å²) in [6.07, 6.45) is 15.1. The van der Waals surface area contributed by atoms with Gasteiger partial charge in [-0.1, -0.05) is 104 Å². The molecule has 2 aliphatic rings. The van der Waals surface area contributed by atoms with Gasteiger partial charge in [0.2, 0.25) is 0 Å². The third-order valence-electron chi connectivity index (χ3n) is 6.35. The van der Waals surface area contributed by atoms with Gasteiger partial charge < -0.3 is 5.32 Å². The van der Waals surface area contributed by atoms with Crippen molar-refractivity contribution in [1.29, 1.82) is 0 Å². The molecule has 0 radical (unpaired) electrons. The third kappa shape index (κ3) is 2.93. The van der Waals surface area contributed by atoms with Gasteiger partial charge in [0.05, 0.1) is 0 Å². The zero-order valence-electron chi connectivity index (χ0n) is 17.5. The Balaban J connectivity index is 1.89. The molecule has 5 rings (SSSR count). The molecular weight excluding hydrogens is 374 g/mol. The van der Waals surface area contributed by atoms with Crippen molar-refractivity contribution in [3.05, 3.63) is 145 Å². The smallest absolute Gasteiger partial charge is 0.0498 e. The normalized spacial score (nSPS) is 20.7. The van der Waals surface area contributed by atoms with E-state index in [4.69, 9.17) is 0 Å². The summed E-state index contributed by atoms with van der Waals surface area (Å²) in [6, 6.07) is 24.2. The highest BCUT2D eigenvalue weighted by atomic mass is 14.8. The van der Waals surface area contributed by atoms with Crippen LogP contribution in [0, 0.1) is 0 Å². The first kappa shape index (κ1) is 19.1. The number of hydrogen-bond acceptors (Lipinski definition) is 1. The van der Waals surface area contributed by atoms with Crippen LogP contribution in [0.5, 0.6) is 0 Å². The van der Waals surface area contributed by atoms with E-state index in [0.29, 0.717) is 0 Å². The number of allylic oxidation sites excluding steroid dienone is 7. The van der Waals surface area contributed by atoms with Crippen LogP contribution in [0.15, 0.2) is 123 Å². The zero-order valence-corrected chi connectivity index (χ0v) is 17.5. The van der Waals surface area contributed by atoms with Gasteiger partial charge in [-0.3, -0.25) is 0 Å². The molecule has 31 heavy (non-hydrogen) atoms. The fraction of sp³-hybridized carbons (Fsp3) is 0.0667. The molecule has 0 saturated heterocycles. The molecule has 0 aromatic heterocycles. The van der Waals surface area contributed by atoms with Crippen LogP contribution in [0.25, 0.3) is 16.7 Å². The van der Waals surface area contributed by atoms with Gasteiger partial charge in [-0.25, -0.2) is 0 Å². The van der Waals surface area contributed by atoms with Crippen LogP contribution in [0.3, 0.4) is 0 Å². The van der Waals surface area contributed by atoms with E-state index in [1.165, 1.54) is 33.4 Å². The van der Waals surface area contributed by atoms with Crippen LogP contribution in [0.2, 0.25) is 0 Å². The number of fused-ring (bicyclic) bond motifs is 5. The Hall–Kier alpha value is -3.84. The van der Waals surface area contributed by atoms with E-state index in [1.807, 2.05) is 30.5 Å². The van der Waals surface area contributed by atoms with Crippen LogP contribution in [0.1, 0.15) is 28.7 Å². The largest absolute Gasteiger partial charge is 0.361 e. The summed E-state index contributed by atoms with van der Waals surface area (Å²) in [6.45, 7) is 8.29. The van der Waals surface area contributed by atoms with Crippen LogP contribution in [-0.4, -0.2) is 0 Å². The van der Waals surface area contributed by atoms with E-state index < -0.39 is 0 Å². The van der Waals surface area contributed by atoms with Gasteiger partial charge in [-0.15, -0.1) is 0 Å². The lowest BCUT2D eigenvalue weighted by atomic mass is 9.70. The molecule has 1 unspecified atom stereocenters. The van der Waals surface area contributed by atoms with Crippen molar-refractivity contribution in [2.45, 2.75) is 11.8 Å². The molecule has 3 aromatic carbocycles.